The van der Waals surface area contributed by atoms with Gasteiger partial charge in [0.1, 0.15) is 4.90 Å². The van der Waals surface area contributed by atoms with Crippen LogP contribution in [0, 0.1) is 0 Å². The van der Waals surface area contributed by atoms with Crippen LogP contribution in [0.3, 0.4) is 0 Å². The number of nitrogen functional groups attached to an aromatic ring is 1. The highest BCUT2D eigenvalue weighted by Crippen LogP contribution is 2.28. The molecule has 19 heavy (non-hydrogen) atoms. The average molecular weight is 285 g/mol. The maximum atomic E-state index is 11.4. The largest absolute Gasteiger partial charge is 0.396 e. The quantitative estimate of drug-likeness (QED) is 0.712. The molecule has 0 aliphatic carbocycles. The van der Waals surface area contributed by atoms with Gasteiger partial charge in [-0.25, -0.2) is 13.6 Å². The van der Waals surface area contributed by atoms with E-state index in [0.29, 0.717) is 5.69 Å². The Hall–Kier alpha value is -1.31. The molecule has 1 fully saturated rings. The number of anilines is 2. The fourth-order valence-corrected chi connectivity index (χ4v) is 2.94. The van der Waals surface area contributed by atoms with Crippen LogP contribution in [0.4, 0.5) is 11.4 Å². The molecule has 1 heterocycles. The summed E-state index contributed by atoms with van der Waals surface area (Å²) >= 11 is 0. The lowest BCUT2D eigenvalue weighted by atomic mass is 10.1. The zero-order chi connectivity index (χ0) is 14.0. The minimum Gasteiger partial charge on any atom is -0.396 e. The molecule has 2 rings (SSSR count). The van der Waals surface area contributed by atoms with E-state index >= 15 is 0 Å². The molecule has 6 nitrogen and oxygen atoms in total. The van der Waals surface area contributed by atoms with Crippen molar-refractivity contribution in [3.05, 3.63) is 18.2 Å². The number of hydrogen-bond acceptors (Lipinski definition) is 5. The Balaban J connectivity index is 2.21. The van der Waals surface area contributed by atoms with Gasteiger partial charge < -0.3 is 15.8 Å². The average Bonchev–Trinajstić information content (AvgIpc) is 2.83. The van der Waals surface area contributed by atoms with Crippen LogP contribution in [-0.4, -0.2) is 27.2 Å². The highest BCUT2D eigenvalue weighted by atomic mass is 32.2. The number of benzene rings is 1. The maximum Gasteiger partial charge on any atom is 0.240 e. The molecule has 0 spiro atoms. The first-order valence-electron chi connectivity index (χ1n) is 6.19. The van der Waals surface area contributed by atoms with Crippen molar-refractivity contribution < 1.29 is 13.2 Å². The summed E-state index contributed by atoms with van der Waals surface area (Å²) in [5.74, 6) is 0. The summed E-state index contributed by atoms with van der Waals surface area (Å²) in [5.41, 5.74) is 6.57. The molecule has 0 bridgehead atoms. The predicted octanol–water partition coefficient (Wildman–Crippen LogP) is 0.896. The maximum absolute atomic E-state index is 11.4. The third kappa shape index (κ3) is 3.17. The second-order valence-corrected chi connectivity index (χ2v) is 6.28. The summed E-state index contributed by atoms with van der Waals surface area (Å²) < 4.78 is 28.4. The highest BCUT2D eigenvalue weighted by Gasteiger charge is 2.23. The molecule has 5 N–H and O–H groups in total. The molecule has 1 aromatic rings. The molecular formula is C12H19N3O3S. The number of hydrogen-bond donors (Lipinski definition) is 3. The fraction of sp³-hybridized carbons (Fsp3) is 0.500. The standard InChI is InChI=1S/C12H19N3O3S/c1-8(10-5-3-7-18-10)15-9-4-2-6-11(12(9)13)19(14,16)17/h2,4,6,8,10,15H,3,5,7,13H2,1H3,(H2,14,16,17). The molecule has 0 saturated carbocycles. The van der Waals surface area contributed by atoms with Crippen molar-refractivity contribution >= 4 is 21.4 Å². The normalized spacial score (nSPS) is 21.3. The van der Waals surface area contributed by atoms with E-state index in [0.717, 1.165) is 19.4 Å². The molecule has 0 amide bonds. The number of ether oxygens (including phenoxy) is 1. The van der Waals surface area contributed by atoms with Gasteiger partial charge in [0.05, 0.1) is 17.5 Å². The lowest BCUT2D eigenvalue weighted by Crippen LogP contribution is -2.30. The number of nitrogens with two attached hydrogens (primary N) is 2. The molecule has 1 aliphatic rings. The minimum absolute atomic E-state index is 0.0560. The van der Waals surface area contributed by atoms with Crippen LogP contribution in [-0.2, 0) is 14.8 Å². The van der Waals surface area contributed by atoms with Crippen LogP contribution in [0.5, 0.6) is 0 Å². The van der Waals surface area contributed by atoms with E-state index in [2.05, 4.69) is 5.32 Å². The first-order valence-corrected chi connectivity index (χ1v) is 7.73. The van der Waals surface area contributed by atoms with Crippen molar-refractivity contribution in [2.24, 2.45) is 5.14 Å². The molecular weight excluding hydrogens is 266 g/mol. The molecule has 7 heteroatoms. The van der Waals surface area contributed by atoms with Gasteiger partial charge in [0.15, 0.2) is 0 Å². The molecule has 1 aliphatic heterocycles. The van der Waals surface area contributed by atoms with Crippen molar-refractivity contribution in [2.45, 2.75) is 36.8 Å². The first kappa shape index (κ1) is 14.1. The number of primary sulfonamides is 1. The molecule has 2 unspecified atom stereocenters. The van der Waals surface area contributed by atoms with Gasteiger partial charge in [-0.2, -0.15) is 0 Å². The number of sulfonamides is 1. The Morgan fingerprint density at radius 2 is 2.21 bits per heavy atom. The third-order valence-corrected chi connectivity index (χ3v) is 4.25. The Kier molecular flexibility index (Phi) is 3.98. The lowest BCUT2D eigenvalue weighted by Gasteiger charge is -2.22. The first-order chi connectivity index (χ1) is 8.89. The molecule has 1 aromatic carbocycles. The van der Waals surface area contributed by atoms with Crippen LogP contribution in [0.2, 0.25) is 0 Å². The molecule has 0 aromatic heterocycles. The van der Waals surface area contributed by atoms with Crippen LogP contribution >= 0.6 is 0 Å². The van der Waals surface area contributed by atoms with Crippen molar-refractivity contribution in [1.29, 1.82) is 0 Å². The Morgan fingerprint density at radius 1 is 1.47 bits per heavy atom. The van der Waals surface area contributed by atoms with Crippen molar-refractivity contribution in [3.63, 3.8) is 0 Å². The summed E-state index contributed by atoms with van der Waals surface area (Å²) in [6.45, 7) is 2.75. The van der Waals surface area contributed by atoms with Crippen LogP contribution in [0.25, 0.3) is 0 Å². The fourth-order valence-electron chi connectivity index (χ4n) is 2.25. The Bertz CT molecular complexity index is 553. The summed E-state index contributed by atoms with van der Waals surface area (Å²) in [5, 5.41) is 8.31. The van der Waals surface area contributed by atoms with Gasteiger partial charge in [0.25, 0.3) is 0 Å². The summed E-state index contributed by atoms with van der Waals surface area (Å²) in [7, 11) is -3.81. The van der Waals surface area contributed by atoms with E-state index in [4.69, 9.17) is 15.6 Å². The van der Waals surface area contributed by atoms with E-state index in [9.17, 15) is 8.42 Å². The monoisotopic (exact) mass is 285 g/mol. The van der Waals surface area contributed by atoms with E-state index in [-0.39, 0.29) is 22.7 Å². The summed E-state index contributed by atoms with van der Waals surface area (Å²) in [4.78, 5) is -0.0583. The number of rotatable bonds is 4. The molecule has 0 radical (unpaired) electrons. The van der Waals surface area contributed by atoms with E-state index < -0.39 is 10.0 Å². The van der Waals surface area contributed by atoms with Gasteiger partial charge in [-0.15, -0.1) is 0 Å². The molecule has 1 saturated heterocycles. The van der Waals surface area contributed by atoms with Gasteiger partial charge in [-0.3, -0.25) is 0 Å². The van der Waals surface area contributed by atoms with Gasteiger partial charge >= 0.3 is 0 Å². The second kappa shape index (κ2) is 5.36. The van der Waals surface area contributed by atoms with Crippen LogP contribution in [0.15, 0.2) is 23.1 Å². The van der Waals surface area contributed by atoms with Gasteiger partial charge in [0.2, 0.25) is 10.0 Å². The van der Waals surface area contributed by atoms with E-state index in [1.807, 2.05) is 6.92 Å². The van der Waals surface area contributed by atoms with Crippen molar-refractivity contribution in [1.82, 2.24) is 0 Å². The van der Waals surface area contributed by atoms with Crippen LogP contribution in [0.1, 0.15) is 19.8 Å². The van der Waals surface area contributed by atoms with E-state index in [1.165, 1.54) is 6.07 Å². The van der Waals surface area contributed by atoms with Gasteiger partial charge in [0, 0.05) is 12.6 Å². The van der Waals surface area contributed by atoms with Crippen LogP contribution < -0.4 is 16.2 Å². The summed E-state index contributed by atoms with van der Waals surface area (Å²) in [6, 6.07) is 4.79. The Labute approximate surface area is 113 Å². The number of nitrogens with one attached hydrogen (secondary N) is 1. The lowest BCUT2D eigenvalue weighted by molar-refractivity contribution is 0.0997. The Morgan fingerprint density at radius 3 is 2.79 bits per heavy atom. The number of para-hydroxylation sites is 1. The van der Waals surface area contributed by atoms with Crippen molar-refractivity contribution in [3.8, 4) is 0 Å². The highest BCUT2D eigenvalue weighted by molar-refractivity contribution is 7.89. The molecule has 106 valence electrons. The van der Waals surface area contributed by atoms with E-state index in [1.54, 1.807) is 12.1 Å². The van der Waals surface area contributed by atoms with Crippen molar-refractivity contribution in [2.75, 3.05) is 17.7 Å². The third-order valence-electron chi connectivity index (χ3n) is 3.28. The SMILES string of the molecule is CC(Nc1cccc(S(N)(=O)=O)c1N)C1CCCO1. The predicted molar refractivity (Wildman–Crippen MR) is 74.3 cm³/mol. The smallest absolute Gasteiger partial charge is 0.240 e. The zero-order valence-electron chi connectivity index (χ0n) is 10.8. The van der Waals surface area contributed by atoms with Gasteiger partial charge in [-0.1, -0.05) is 6.07 Å². The zero-order valence-corrected chi connectivity index (χ0v) is 11.6. The topological polar surface area (TPSA) is 107 Å². The minimum atomic E-state index is -3.81. The van der Waals surface area contributed by atoms with Gasteiger partial charge in [-0.05, 0) is 31.9 Å². The summed E-state index contributed by atoms with van der Waals surface area (Å²) in [6.07, 6.45) is 2.16. The second-order valence-electron chi connectivity index (χ2n) is 4.75. The molecule has 2 atom stereocenters.